The predicted octanol–water partition coefficient (Wildman–Crippen LogP) is 2.97. The zero-order chi connectivity index (χ0) is 16.3. The van der Waals surface area contributed by atoms with Gasteiger partial charge in [-0.2, -0.15) is 10.4 Å². The third-order valence-corrected chi connectivity index (χ3v) is 5.78. The molecule has 23 heavy (non-hydrogen) atoms. The number of hydrogen-bond acceptors (Lipinski definition) is 4. The lowest BCUT2D eigenvalue weighted by Gasteiger charge is -2.32. The Morgan fingerprint density at radius 1 is 1.43 bits per heavy atom. The number of likely N-dealkylation sites (tertiary alicyclic amines) is 1. The van der Waals surface area contributed by atoms with Gasteiger partial charge in [-0.15, -0.1) is 0 Å². The third kappa shape index (κ3) is 3.44. The molecule has 126 valence electrons. The summed E-state index contributed by atoms with van der Waals surface area (Å²) in [6, 6.07) is 3.10. The van der Waals surface area contributed by atoms with Crippen molar-refractivity contribution in [2.75, 3.05) is 26.3 Å². The van der Waals surface area contributed by atoms with Crippen LogP contribution in [-0.4, -0.2) is 41.0 Å². The highest BCUT2D eigenvalue weighted by Crippen LogP contribution is 2.37. The molecule has 1 aromatic rings. The van der Waals surface area contributed by atoms with E-state index in [0.29, 0.717) is 6.04 Å². The van der Waals surface area contributed by atoms with Crippen molar-refractivity contribution in [3.63, 3.8) is 0 Å². The van der Waals surface area contributed by atoms with Crippen LogP contribution in [0.2, 0.25) is 0 Å². The monoisotopic (exact) mass is 316 g/mol. The summed E-state index contributed by atoms with van der Waals surface area (Å²) in [4.78, 5) is 2.59. The lowest BCUT2D eigenvalue weighted by molar-refractivity contribution is 0.0347. The Morgan fingerprint density at radius 3 is 2.87 bits per heavy atom. The van der Waals surface area contributed by atoms with Crippen molar-refractivity contribution < 1.29 is 4.74 Å². The first-order valence-corrected chi connectivity index (χ1v) is 8.87. The summed E-state index contributed by atoms with van der Waals surface area (Å²) < 4.78 is 7.40. The molecule has 0 spiro atoms. The van der Waals surface area contributed by atoms with Crippen LogP contribution in [0, 0.1) is 23.7 Å². The molecule has 0 amide bonds. The number of nitrogens with zero attached hydrogens (tertiary/aromatic N) is 4. The first kappa shape index (κ1) is 16.5. The van der Waals surface area contributed by atoms with Gasteiger partial charge in [-0.25, -0.2) is 0 Å². The molecule has 2 saturated heterocycles. The quantitative estimate of drug-likeness (QED) is 0.838. The Morgan fingerprint density at radius 2 is 2.22 bits per heavy atom. The Labute approximate surface area is 139 Å². The molecule has 0 bridgehead atoms. The van der Waals surface area contributed by atoms with Crippen molar-refractivity contribution in [2.45, 2.75) is 51.5 Å². The number of ether oxygens (including phenoxy) is 1. The number of nitriles is 1. The van der Waals surface area contributed by atoms with Crippen LogP contribution >= 0.6 is 0 Å². The van der Waals surface area contributed by atoms with Crippen molar-refractivity contribution in [1.82, 2.24) is 14.7 Å². The molecule has 5 nitrogen and oxygen atoms in total. The fourth-order valence-corrected chi connectivity index (χ4v) is 4.09. The molecule has 0 N–H and O–H groups in total. The highest BCUT2D eigenvalue weighted by Gasteiger charge is 2.33. The summed E-state index contributed by atoms with van der Waals surface area (Å²) >= 11 is 0. The van der Waals surface area contributed by atoms with Crippen molar-refractivity contribution in [3.8, 4) is 6.07 Å². The molecule has 0 aromatic carbocycles. The van der Waals surface area contributed by atoms with E-state index in [2.05, 4.69) is 23.0 Å². The van der Waals surface area contributed by atoms with Gasteiger partial charge in [0.25, 0.3) is 0 Å². The van der Waals surface area contributed by atoms with Crippen LogP contribution in [0.1, 0.15) is 55.8 Å². The van der Waals surface area contributed by atoms with Gasteiger partial charge in [-0.3, -0.25) is 9.58 Å². The average molecular weight is 316 g/mol. The molecule has 1 atom stereocenters. The highest BCUT2D eigenvalue weighted by molar-refractivity contribution is 5.21. The number of aromatic nitrogens is 2. The van der Waals surface area contributed by atoms with Gasteiger partial charge in [0.05, 0.1) is 17.7 Å². The van der Waals surface area contributed by atoms with E-state index < -0.39 is 0 Å². The molecule has 2 aliphatic rings. The van der Waals surface area contributed by atoms with Gasteiger partial charge in [0.2, 0.25) is 0 Å². The zero-order valence-electron chi connectivity index (χ0n) is 14.4. The minimum atomic E-state index is -0.141. The van der Waals surface area contributed by atoms with Crippen LogP contribution in [0.5, 0.6) is 0 Å². The molecular formula is C18H28N4O. The maximum Gasteiger partial charge on any atom is 0.0691 e. The van der Waals surface area contributed by atoms with Gasteiger partial charge < -0.3 is 4.74 Å². The smallest absolute Gasteiger partial charge is 0.0691 e. The van der Waals surface area contributed by atoms with Crippen molar-refractivity contribution >= 4 is 0 Å². The van der Waals surface area contributed by atoms with Gasteiger partial charge in [-0.1, -0.05) is 0 Å². The predicted molar refractivity (Wildman–Crippen MR) is 88.8 cm³/mol. The number of rotatable bonds is 5. The summed E-state index contributed by atoms with van der Waals surface area (Å²) in [5.74, 6) is 0. The topological polar surface area (TPSA) is 54.1 Å². The van der Waals surface area contributed by atoms with Gasteiger partial charge in [0, 0.05) is 37.6 Å². The molecule has 5 heteroatoms. The van der Waals surface area contributed by atoms with Crippen molar-refractivity contribution in [3.05, 3.63) is 17.5 Å². The second kappa shape index (κ2) is 7.02. The minimum absolute atomic E-state index is 0.141. The van der Waals surface area contributed by atoms with Crippen LogP contribution in [0.4, 0.5) is 0 Å². The summed E-state index contributed by atoms with van der Waals surface area (Å²) in [6.07, 6.45) is 8.42. The van der Waals surface area contributed by atoms with E-state index in [4.69, 9.17) is 4.74 Å². The molecule has 1 unspecified atom stereocenters. The summed E-state index contributed by atoms with van der Waals surface area (Å²) in [7, 11) is 2.01. The fourth-order valence-electron chi connectivity index (χ4n) is 4.09. The van der Waals surface area contributed by atoms with Crippen LogP contribution in [0.3, 0.4) is 0 Å². The van der Waals surface area contributed by atoms with Crippen LogP contribution < -0.4 is 0 Å². The average Bonchev–Trinajstić information content (AvgIpc) is 3.16. The fraction of sp³-hybridized carbons (Fsp3) is 0.778. The van der Waals surface area contributed by atoms with E-state index in [9.17, 15) is 5.26 Å². The van der Waals surface area contributed by atoms with Crippen molar-refractivity contribution in [1.29, 1.82) is 5.26 Å². The van der Waals surface area contributed by atoms with Gasteiger partial charge >= 0.3 is 0 Å². The van der Waals surface area contributed by atoms with E-state index in [1.165, 1.54) is 30.6 Å². The lowest BCUT2D eigenvalue weighted by Crippen LogP contribution is -2.30. The molecule has 0 aliphatic carbocycles. The van der Waals surface area contributed by atoms with Crippen molar-refractivity contribution in [2.24, 2.45) is 12.5 Å². The number of aryl methyl sites for hydroxylation is 1. The van der Waals surface area contributed by atoms with E-state index >= 15 is 0 Å². The Kier molecular flexibility index (Phi) is 5.03. The van der Waals surface area contributed by atoms with E-state index in [1.807, 2.05) is 17.9 Å². The second-order valence-electron chi connectivity index (χ2n) is 7.11. The maximum absolute atomic E-state index is 9.57. The molecule has 0 saturated carbocycles. The maximum atomic E-state index is 9.57. The highest BCUT2D eigenvalue weighted by atomic mass is 16.5. The first-order valence-electron chi connectivity index (χ1n) is 8.87. The normalized spacial score (nSPS) is 24.7. The standard InChI is InChI=1S/C18H28N4O/c1-15-16(13-20-21(15)2)17-5-3-9-22(17)10-4-6-18(14-19)7-11-23-12-8-18/h13,17H,3-12H2,1-2H3. The first-order chi connectivity index (χ1) is 11.2. The Hall–Kier alpha value is -1.38. The Bertz CT molecular complexity index is 568. The van der Waals surface area contributed by atoms with Crippen LogP contribution in [-0.2, 0) is 11.8 Å². The number of hydrogen-bond donors (Lipinski definition) is 0. The molecule has 3 heterocycles. The van der Waals surface area contributed by atoms with Gasteiger partial charge in [0.1, 0.15) is 0 Å². The molecule has 2 aliphatic heterocycles. The van der Waals surface area contributed by atoms with E-state index in [-0.39, 0.29) is 5.41 Å². The largest absolute Gasteiger partial charge is 0.381 e. The molecule has 3 rings (SSSR count). The van der Waals surface area contributed by atoms with Gasteiger partial charge in [0.15, 0.2) is 0 Å². The van der Waals surface area contributed by atoms with E-state index in [1.54, 1.807) is 0 Å². The van der Waals surface area contributed by atoms with Crippen LogP contribution in [0.15, 0.2) is 6.20 Å². The molecular weight excluding hydrogens is 288 g/mol. The molecule has 2 fully saturated rings. The van der Waals surface area contributed by atoms with E-state index in [0.717, 1.165) is 45.4 Å². The minimum Gasteiger partial charge on any atom is -0.381 e. The second-order valence-corrected chi connectivity index (χ2v) is 7.11. The SMILES string of the molecule is Cc1c(C2CCCN2CCCC2(C#N)CCOCC2)cnn1C. The zero-order valence-corrected chi connectivity index (χ0v) is 14.4. The van der Waals surface area contributed by atoms with Gasteiger partial charge in [-0.05, 0) is 58.5 Å². The summed E-state index contributed by atoms with van der Waals surface area (Å²) in [5, 5.41) is 14.0. The molecule has 1 aromatic heterocycles. The summed E-state index contributed by atoms with van der Waals surface area (Å²) in [6.45, 7) is 5.90. The van der Waals surface area contributed by atoms with Crippen LogP contribution in [0.25, 0.3) is 0 Å². The third-order valence-electron chi connectivity index (χ3n) is 5.78. The molecule has 0 radical (unpaired) electrons. The summed E-state index contributed by atoms with van der Waals surface area (Å²) in [5.41, 5.74) is 2.52. The Balaban J connectivity index is 1.57. The lowest BCUT2D eigenvalue weighted by atomic mass is 9.78.